The molecule has 2 aromatic rings. The molecule has 0 radical (unpaired) electrons. The summed E-state index contributed by atoms with van der Waals surface area (Å²) in [5.41, 5.74) is 3.28. The van der Waals surface area contributed by atoms with E-state index in [4.69, 9.17) is 9.90 Å². The van der Waals surface area contributed by atoms with Gasteiger partial charge < -0.3 is 15.3 Å². The van der Waals surface area contributed by atoms with Crippen LogP contribution >= 0.6 is 0 Å². The van der Waals surface area contributed by atoms with Gasteiger partial charge in [-0.25, -0.2) is 4.79 Å². The van der Waals surface area contributed by atoms with Crippen molar-refractivity contribution in [1.82, 2.24) is 15.2 Å². The number of halogens is 3. The first-order chi connectivity index (χ1) is 16.1. The number of hydrogen-bond acceptors (Lipinski definition) is 4. The molecule has 2 heterocycles. The second-order valence-corrected chi connectivity index (χ2v) is 8.46. The summed E-state index contributed by atoms with van der Waals surface area (Å²) in [4.78, 5) is 39.7. The first-order valence-corrected chi connectivity index (χ1v) is 10.9. The van der Waals surface area contributed by atoms with Crippen LogP contribution in [-0.4, -0.2) is 59.1 Å². The van der Waals surface area contributed by atoms with E-state index in [0.29, 0.717) is 12.1 Å². The molecule has 2 aliphatic rings. The van der Waals surface area contributed by atoms with Gasteiger partial charge in [0.25, 0.3) is 5.91 Å². The van der Waals surface area contributed by atoms with E-state index in [1.165, 1.54) is 11.1 Å². The fraction of sp³-hybridized carbons (Fsp3) is 0.417. The van der Waals surface area contributed by atoms with Gasteiger partial charge in [0.2, 0.25) is 5.91 Å². The molecule has 7 nitrogen and oxygen atoms in total. The maximum atomic E-state index is 12.7. The third-order valence-corrected chi connectivity index (χ3v) is 6.45. The quantitative estimate of drug-likeness (QED) is 0.705. The number of aliphatic carboxylic acids is 1. The molecule has 0 bridgehead atoms. The number of hydrogen-bond donors (Lipinski definition) is 2. The molecule has 34 heavy (non-hydrogen) atoms. The molecular formula is C24H26F3N3O4. The lowest BCUT2D eigenvalue weighted by molar-refractivity contribution is -0.192. The van der Waals surface area contributed by atoms with Crippen molar-refractivity contribution in [3.63, 3.8) is 0 Å². The Bertz CT molecular complexity index is 1040. The van der Waals surface area contributed by atoms with Gasteiger partial charge in [-0.15, -0.1) is 0 Å². The van der Waals surface area contributed by atoms with Crippen LogP contribution in [0, 0.1) is 0 Å². The van der Waals surface area contributed by atoms with E-state index in [1.54, 1.807) is 19.3 Å². The Balaban J connectivity index is 0.000000406. The molecule has 1 aromatic carbocycles. The summed E-state index contributed by atoms with van der Waals surface area (Å²) in [6.07, 6.45) is -0.0217. The molecule has 1 spiro atoms. The van der Waals surface area contributed by atoms with Gasteiger partial charge in [0, 0.05) is 32.8 Å². The zero-order valence-corrected chi connectivity index (χ0v) is 18.6. The maximum absolute atomic E-state index is 12.7. The third-order valence-electron chi connectivity index (χ3n) is 6.45. The fourth-order valence-corrected chi connectivity index (χ4v) is 4.80. The molecular weight excluding hydrogens is 451 g/mol. The maximum Gasteiger partial charge on any atom is 0.490 e. The molecule has 182 valence electrons. The summed E-state index contributed by atoms with van der Waals surface area (Å²) in [6.45, 7) is 1.47. The van der Waals surface area contributed by atoms with Crippen molar-refractivity contribution in [2.75, 3.05) is 20.1 Å². The van der Waals surface area contributed by atoms with Gasteiger partial charge >= 0.3 is 12.1 Å². The topological polar surface area (TPSA) is 99.6 Å². The number of pyridine rings is 1. The van der Waals surface area contributed by atoms with Crippen LogP contribution in [0.1, 0.15) is 53.2 Å². The Hall–Kier alpha value is -3.43. The van der Waals surface area contributed by atoms with Crippen molar-refractivity contribution >= 4 is 17.8 Å². The average molecular weight is 477 g/mol. The molecule has 1 aliphatic heterocycles. The van der Waals surface area contributed by atoms with Crippen LogP contribution in [-0.2, 0) is 15.0 Å². The van der Waals surface area contributed by atoms with Crippen LogP contribution in [0.25, 0.3) is 0 Å². The zero-order valence-electron chi connectivity index (χ0n) is 18.6. The van der Waals surface area contributed by atoms with E-state index in [-0.39, 0.29) is 23.1 Å². The molecule has 1 aliphatic carbocycles. The van der Waals surface area contributed by atoms with Crippen molar-refractivity contribution in [2.24, 2.45) is 0 Å². The Labute approximate surface area is 195 Å². The van der Waals surface area contributed by atoms with Gasteiger partial charge in [-0.2, -0.15) is 13.2 Å². The van der Waals surface area contributed by atoms with Gasteiger partial charge in [0.05, 0.1) is 0 Å². The Morgan fingerprint density at radius 2 is 1.74 bits per heavy atom. The summed E-state index contributed by atoms with van der Waals surface area (Å²) in [6, 6.07) is 14.0. The number of alkyl halides is 3. The van der Waals surface area contributed by atoms with Gasteiger partial charge in [-0.3, -0.25) is 14.6 Å². The number of carboxylic acid groups (broad SMARTS) is 1. The van der Waals surface area contributed by atoms with E-state index in [2.05, 4.69) is 34.6 Å². The molecule has 2 amide bonds. The smallest absolute Gasteiger partial charge is 0.475 e. The first kappa shape index (κ1) is 25.2. The van der Waals surface area contributed by atoms with Crippen molar-refractivity contribution in [3.05, 3.63) is 65.5 Å². The minimum atomic E-state index is -5.08. The summed E-state index contributed by atoms with van der Waals surface area (Å²) in [7, 11) is 1.70. The molecule has 1 atom stereocenters. The number of nitrogens with one attached hydrogen (secondary N) is 1. The van der Waals surface area contributed by atoms with Crippen LogP contribution < -0.4 is 5.32 Å². The number of benzene rings is 1. The molecule has 1 unspecified atom stereocenters. The van der Waals surface area contributed by atoms with Crippen molar-refractivity contribution in [1.29, 1.82) is 0 Å². The number of fused-ring (bicyclic) bond motifs is 2. The Kier molecular flexibility index (Phi) is 7.58. The minimum Gasteiger partial charge on any atom is -0.475 e. The number of aromatic nitrogens is 1. The lowest BCUT2D eigenvalue weighted by atomic mass is 9.73. The van der Waals surface area contributed by atoms with Crippen LogP contribution in [0.4, 0.5) is 13.2 Å². The number of carbonyl (C=O) groups excluding carboxylic acids is 2. The lowest BCUT2D eigenvalue weighted by Crippen LogP contribution is -2.44. The monoisotopic (exact) mass is 477 g/mol. The molecule has 1 aromatic heterocycles. The van der Waals surface area contributed by atoms with Crippen LogP contribution in [0.3, 0.4) is 0 Å². The second kappa shape index (κ2) is 10.2. The Morgan fingerprint density at radius 3 is 2.29 bits per heavy atom. The molecule has 10 heteroatoms. The molecule has 4 rings (SSSR count). The zero-order chi connectivity index (χ0) is 24.9. The van der Waals surface area contributed by atoms with Gasteiger partial charge in [-0.05, 0) is 53.9 Å². The second-order valence-electron chi connectivity index (χ2n) is 8.46. The van der Waals surface area contributed by atoms with Crippen molar-refractivity contribution in [2.45, 2.75) is 43.2 Å². The van der Waals surface area contributed by atoms with Crippen molar-refractivity contribution in [3.8, 4) is 0 Å². The molecule has 0 saturated carbocycles. The molecule has 2 N–H and O–H groups in total. The summed E-state index contributed by atoms with van der Waals surface area (Å²) in [5, 5.41) is 9.88. The highest BCUT2D eigenvalue weighted by atomic mass is 19.4. The largest absolute Gasteiger partial charge is 0.490 e. The number of piperidine rings is 1. The third kappa shape index (κ3) is 5.55. The number of rotatable bonds is 3. The summed E-state index contributed by atoms with van der Waals surface area (Å²) < 4.78 is 31.7. The minimum absolute atomic E-state index is 0.0126. The SMILES string of the molecule is CNC(=O)CC1CC2(CCN(C(=O)c3ccccn3)CC2)c2ccccc21.O=C(O)C(F)(F)F. The van der Waals surface area contributed by atoms with Gasteiger partial charge in [0.15, 0.2) is 0 Å². The lowest BCUT2D eigenvalue weighted by Gasteiger charge is -2.40. The predicted molar refractivity (Wildman–Crippen MR) is 117 cm³/mol. The van der Waals surface area contributed by atoms with E-state index in [0.717, 1.165) is 32.4 Å². The van der Waals surface area contributed by atoms with E-state index in [1.807, 2.05) is 17.0 Å². The average Bonchev–Trinajstić information content (AvgIpc) is 3.12. The number of nitrogens with zero attached hydrogens (tertiary/aromatic N) is 2. The van der Waals surface area contributed by atoms with E-state index < -0.39 is 12.1 Å². The number of likely N-dealkylation sites (tertiary alicyclic amines) is 1. The van der Waals surface area contributed by atoms with Gasteiger partial charge in [-0.1, -0.05) is 30.3 Å². The fourth-order valence-electron chi connectivity index (χ4n) is 4.80. The van der Waals surface area contributed by atoms with E-state index >= 15 is 0 Å². The Morgan fingerprint density at radius 1 is 1.12 bits per heavy atom. The highest BCUT2D eigenvalue weighted by Crippen LogP contribution is 2.52. The standard InChI is InChI=1S/C22H25N3O2.C2HF3O2/c1-23-20(26)14-16-15-22(18-7-3-2-6-17(16)18)9-12-25(13-10-22)21(27)19-8-4-5-11-24-19;3-2(4,5)1(6)7/h2-8,11,16H,9-10,12-15H2,1H3,(H,23,26);(H,6,7). The van der Waals surface area contributed by atoms with Crippen LogP contribution in [0.5, 0.6) is 0 Å². The summed E-state index contributed by atoms with van der Waals surface area (Å²) >= 11 is 0. The van der Waals surface area contributed by atoms with Gasteiger partial charge in [0.1, 0.15) is 5.69 Å². The highest BCUT2D eigenvalue weighted by Gasteiger charge is 2.46. The highest BCUT2D eigenvalue weighted by molar-refractivity contribution is 5.92. The number of carbonyl (C=O) groups is 3. The van der Waals surface area contributed by atoms with E-state index in [9.17, 15) is 22.8 Å². The predicted octanol–water partition coefficient (Wildman–Crippen LogP) is 3.51. The normalized spacial score (nSPS) is 18.5. The van der Waals surface area contributed by atoms with Crippen LogP contribution in [0.15, 0.2) is 48.7 Å². The summed E-state index contributed by atoms with van der Waals surface area (Å²) in [5.74, 6) is -2.39. The number of carboxylic acids is 1. The molecule has 1 saturated heterocycles. The van der Waals surface area contributed by atoms with Crippen LogP contribution in [0.2, 0.25) is 0 Å². The van der Waals surface area contributed by atoms with Crippen molar-refractivity contribution < 1.29 is 32.7 Å². The molecule has 1 fully saturated rings. The first-order valence-electron chi connectivity index (χ1n) is 10.9. The number of amides is 2.